The van der Waals surface area contributed by atoms with Gasteiger partial charge in [-0.05, 0) is 62.0 Å². The van der Waals surface area contributed by atoms with E-state index in [4.69, 9.17) is 15.9 Å². The second kappa shape index (κ2) is 10.8. The molecule has 0 saturated carbocycles. The van der Waals surface area contributed by atoms with Gasteiger partial charge in [-0.3, -0.25) is 5.41 Å². The number of ether oxygens (including phenoxy) is 1. The van der Waals surface area contributed by atoms with Crippen LogP contribution in [0.4, 0.5) is 11.5 Å². The van der Waals surface area contributed by atoms with Gasteiger partial charge in [-0.1, -0.05) is 31.5 Å². The Morgan fingerprint density at radius 1 is 1.03 bits per heavy atom. The maximum atomic E-state index is 9.02. The van der Waals surface area contributed by atoms with Crippen molar-refractivity contribution < 1.29 is 4.74 Å². The number of hydrogen-bond acceptors (Lipinski definition) is 7. The van der Waals surface area contributed by atoms with Crippen LogP contribution < -0.4 is 21.1 Å². The summed E-state index contributed by atoms with van der Waals surface area (Å²) in [6.45, 7) is 2.98. The standard InChI is InChI=1S/C27H30N6O/c1-3-7-19(16-30-2)33-25-15-24-23(27(29)32-17-31-24)14-22(25)26(28)18-10-12-21(13-11-18)34-20-8-5-4-6-9-20/h4-6,8-15,17,19,28,30,33H,3,7,16H2,1-2H3,(H2,29,31,32). The molecule has 1 atom stereocenters. The summed E-state index contributed by atoms with van der Waals surface area (Å²) in [5.74, 6) is 1.89. The average molecular weight is 455 g/mol. The molecule has 0 aliphatic rings. The van der Waals surface area contributed by atoms with E-state index in [0.717, 1.165) is 52.9 Å². The number of nitrogens with one attached hydrogen (secondary N) is 3. The zero-order chi connectivity index (χ0) is 23.9. The van der Waals surface area contributed by atoms with Crippen molar-refractivity contribution >= 4 is 28.1 Å². The molecule has 0 bridgehead atoms. The van der Waals surface area contributed by atoms with Gasteiger partial charge in [-0.15, -0.1) is 0 Å². The third kappa shape index (κ3) is 5.32. The Kier molecular flexibility index (Phi) is 7.34. The van der Waals surface area contributed by atoms with Crippen molar-refractivity contribution in [1.29, 1.82) is 5.41 Å². The van der Waals surface area contributed by atoms with E-state index >= 15 is 0 Å². The molecule has 1 heterocycles. The monoisotopic (exact) mass is 454 g/mol. The lowest BCUT2D eigenvalue weighted by Gasteiger charge is -2.22. The van der Waals surface area contributed by atoms with E-state index in [9.17, 15) is 0 Å². The van der Waals surface area contributed by atoms with Gasteiger partial charge < -0.3 is 21.1 Å². The Morgan fingerprint density at radius 2 is 1.76 bits per heavy atom. The Hall–Kier alpha value is -3.97. The summed E-state index contributed by atoms with van der Waals surface area (Å²) in [6, 6.07) is 21.3. The summed E-state index contributed by atoms with van der Waals surface area (Å²) in [6.07, 6.45) is 3.52. The van der Waals surface area contributed by atoms with Gasteiger partial charge >= 0.3 is 0 Å². The zero-order valence-corrected chi connectivity index (χ0v) is 19.5. The number of para-hydroxylation sites is 1. The van der Waals surface area contributed by atoms with Crippen molar-refractivity contribution in [3.8, 4) is 11.5 Å². The van der Waals surface area contributed by atoms with E-state index in [1.54, 1.807) is 0 Å². The number of likely N-dealkylation sites (N-methyl/N-ethyl adjacent to an activating group) is 1. The van der Waals surface area contributed by atoms with Gasteiger partial charge in [0.2, 0.25) is 0 Å². The predicted octanol–water partition coefficient (Wildman–Crippen LogP) is 5.22. The van der Waals surface area contributed by atoms with E-state index in [0.29, 0.717) is 17.3 Å². The molecule has 174 valence electrons. The lowest BCUT2D eigenvalue weighted by Crippen LogP contribution is -2.31. The number of benzene rings is 3. The summed E-state index contributed by atoms with van der Waals surface area (Å²) < 4.78 is 5.90. The highest BCUT2D eigenvalue weighted by Gasteiger charge is 2.17. The highest BCUT2D eigenvalue weighted by molar-refractivity contribution is 6.16. The molecule has 0 radical (unpaired) electrons. The molecule has 34 heavy (non-hydrogen) atoms. The third-order valence-electron chi connectivity index (χ3n) is 5.64. The molecule has 3 aromatic carbocycles. The third-order valence-corrected chi connectivity index (χ3v) is 5.64. The maximum Gasteiger partial charge on any atom is 0.134 e. The van der Waals surface area contributed by atoms with Crippen LogP contribution in [-0.2, 0) is 0 Å². The highest BCUT2D eigenvalue weighted by Crippen LogP contribution is 2.29. The van der Waals surface area contributed by atoms with Crippen LogP contribution in [0.25, 0.3) is 10.9 Å². The first-order valence-electron chi connectivity index (χ1n) is 11.5. The van der Waals surface area contributed by atoms with Gasteiger partial charge in [0, 0.05) is 34.8 Å². The Bertz CT molecular complexity index is 1250. The maximum absolute atomic E-state index is 9.02. The number of nitrogens with two attached hydrogens (primary N) is 1. The first-order valence-corrected chi connectivity index (χ1v) is 11.5. The number of aromatic nitrogens is 2. The molecule has 7 nitrogen and oxygen atoms in total. The fraction of sp³-hybridized carbons (Fsp3) is 0.222. The molecule has 0 amide bonds. The minimum Gasteiger partial charge on any atom is -0.457 e. The zero-order valence-electron chi connectivity index (χ0n) is 19.5. The summed E-state index contributed by atoms with van der Waals surface area (Å²) in [7, 11) is 1.95. The van der Waals surface area contributed by atoms with Crippen LogP contribution >= 0.6 is 0 Å². The lowest BCUT2D eigenvalue weighted by molar-refractivity contribution is 0.482. The summed E-state index contributed by atoms with van der Waals surface area (Å²) >= 11 is 0. The summed E-state index contributed by atoms with van der Waals surface area (Å²) in [5, 5.41) is 16.6. The molecule has 0 aliphatic heterocycles. The van der Waals surface area contributed by atoms with Gasteiger partial charge in [-0.2, -0.15) is 0 Å². The lowest BCUT2D eigenvalue weighted by atomic mass is 9.98. The number of rotatable bonds is 10. The van der Waals surface area contributed by atoms with Crippen LogP contribution in [0.3, 0.4) is 0 Å². The fourth-order valence-corrected chi connectivity index (χ4v) is 3.96. The molecule has 1 aromatic heterocycles. The van der Waals surface area contributed by atoms with Crippen LogP contribution in [0.1, 0.15) is 30.9 Å². The average Bonchev–Trinajstić information content (AvgIpc) is 2.85. The minimum absolute atomic E-state index is 0.222. The van der Waals surface area contributed by atoms with E-state index < -0.39 is 0 Å². The Labute approximate surface area is 199 Å². The summed E-state index contributed by atoms with van der Waals surface area (Å²) in [5.41, 5.74) is 9.66. The Balaban J connectivity index is 1.68. The van der Waals surface area contributed by atoms with Gasteiger partial charge in [0.25, 0.3) is 0 Å². The van der Waals surface area contributed by atoms with Gasteiger partial charge in [-0.25, -0.2) is 9.97 Å². The van der Waals surface area contributed by atoms with Crippen LogP contribution in [0.15, 0.2) is 73.1 Å². The smallest absolute Gasteiger partial charge is 0.134 e. The van der Waals surface area contributed by atoms with Crippen molar-refractivity contribution in [1.82, 2.24) is 15.3 Å². The number of anilines is 2. The molecule has 0 aliphatic carbocycles. The molecule has 1 unspecified atom stereocenters. The van der Waals surface area contributed by atoms with Crippen molar-refractivity contribution in [3.05, 3.63) is 84.2 Å². The van der Waals surface area contributed by atoms with Crippen LogP contribution in [-0.4, -0.2) is 35.3 Å². The minimum atomic E-state index is 0.222. The SMILES string of the molecule is CCCC(CNC)Nc1cc2ncnc(N)c2cc1C(=N)c1ccc(Oc2ccccc2)cc1. The summed E-state index contributed by atoms with van der Waals surface area (Å²) in [4.78, 5) is 8.52. The largest absolute Gasteiger partial charge is 0.457 e. The van der Waals surface area contributed by atoms with Crippen molar-refractivity contribution in [2.24, 2.45) is 0 Å². The molecule has 0 saturated heterocycles. The first kappa shape index (κ1) is 23.2. The van der Waals surface area contributed by atoms with Gasteiger partial charge in [0.1, 0.15) is 23.6 Å². The fourth-order valence-electron chi connectivity index (χ4n) is 3.96. The molecular formula is C27H30N6O. The van der Waals surface area contributed by atoms with E-state index in [1.165, 1.54) is 6.33 Å². The topological polar surface area (TPSA) is 109 Å². The number of fused-ring (bicyclic) bond motifs is 1. The predicted molar refractivity (Wildman–Crippen MR) is 139 cm³/mol. The van der Waals surface area contributed by atoms with Crippen molar-refractivity contribution in [2.45, 2.75) is 25.8 Å². The number of hydrogen-bond donors (Lipinski definition) is 4. The first-order chi connectivity index (χ1) is 16.6. The number of nitrogen functional groups attached to an aromatic ring is 1. The van der Waals surface area contributed by atoms with Crippen molar-refractivity contribution in [2.75, 3.05) is 24.6 Å². The molecule has 5 N–H and O–H groups in total. The Morgan fingerprint density at radius 3 is 2.47 bits per heavy atom. The molecule has 0 fully saturated rings. The molecular weight excluding hydrogens is 424 g/mol. The van der Waals surface area contributed by atoms with Gasteiger partial charge in [0.15, 0.2) is 0 Å². The highest BCUT2D eigenvalue weighted by atomic mass is 16.5. The van der Waals surface area contributed by atoms with E-state index in [-0.39, 0.29) is 6.04 Å². The second-order valence-corrected chi connectivity index (χ2v) is 8.18. The van der Waals surface area contributed by atoms with E-state index in [2.05, 4.69) is 27.5 Å². The quantitative estimate of drug-likeness (QED) is 0.245. The number of nitrogens with zero attached hydrogens (tertiary/aromatic N) is 2. The molecule has 4 rings (SSSR count). The normalized spacial score (nSPS) is 11.8. The molecule has 7 heteroatoms. The van der Waals surface area contributed by atoms with E-state index in [1.807, 2.05) is 73.8 Å². The van der Waals surface area contributed by atoms with Crippen LogP contribution in [0.5, 0.6) is 11.5 Å². The van der Waals surface area contributed by atoms with Gasteiger partial charge in [0.05, 0.1) is 11.2 Å². The molecule has 0 spiro atoms. The molecule has 4 aromatic rings. The van der Waals surface area contributed by atoms with Crippen LogP contribution in [0.2, 0.25) is 0 Å². The van der Waals surface area contributed by atoms with Crippen LogP contribution in [0, 0.1) is 5.41 Å². The second-order valence-electron chi connectivity index (χ2n) is 8.18. The van der Waals surface area contributed by atoms with Crippen molar-refractivity contribution in [3.63, 3.8) is 0 Å².